The Morgan fingerprint density at radius 3 is 2.57 bits per heavy atom. The van der Waals surface area contributed by atoms with Crippen molar-refractivity contribution in [3.05, 3.63) is 48.0 Å². The molecular weight excluding hydrogens is 288 g/mol. The molecule has 0 saturated carbocycles. The summed E-state index contributed by atoms with van der Waals surface area (Å²) in [7, 11) is -3.62. The number of aromatic nitrogens is 2. The molecule has 0 aliphatic carbocycles. The lowest BCUT2D eigenvalue weighted by atomic mass is 10.2. The number of sulfonamides is 1. The van der Waals surface area contributed by atoms with Crippen LogP contribution >= 0.6 is 0 Å². The third-order valence-electron chi connectivity index (χ3n) is 3.03. The maximum Gasteiger partial charge on any atom is 0.244 e. The predicted octanol–water partition coefficient (Wildman–Crippen LogP) is 1.70. The first-order valence-electron chi connectivity index (χ1n) is 6.61. The Labute approximate surface area is 124 Å². The van der Waals surface area contributed by atoms with Gasteiger partial charge >= 0.3 is 0 Å². The smallest absolute Gasteiger partial charge is 0.244 e. The molecule has 2 N–H and O–H groups in total. The van der Waals surface area contributed by atoms with Crippen LogP contribution in [-0.2, 0) is 16.6 Å². The molecule has 0 aliphatic rings. The average molecular weight is 306 g/mol. The minimum absolute atomic E-state index is 0.151. The van der Waals surface area contributed by atoms with E-state index in [1.807, 2.05) is 13.8 Å². The largest absolute Gasteiger partial charge is 0.384 e. The second-order valence-electron chi connectivity index (χ2n) is 4.53. The molecule has 0 atom stereocenters. The van der Waals surface area contributed by atoms with Crippen molar-refractivity contribution >= 4 is 15.7 Å². The molecule has 2 rings (SSSR count). The van der Waals surface area contributed by atoms with Gasteiger partial charge in [-0.3, -0.25) is 9.97 Å². The molecule has 112 valence electrons. The summed E-state index contributed by atoms with van der Waals surface area (Å²) >= 11 is 0. The Hall–Kier alpha value is -1.99. The van der Waals surface area contributed by atoms with E-state index in [4.69, 9.17) is 0 Å². The van der Waals surface area contributed by atoms with Gasteiger partial charge in [-0.2, -0.15) is 0 Å². The highest BCUT2D eigenvalue weighted by molar-refractivity contribution is 7.89. The Morgan fingerprint density at radius 2 is 1.86 bits per heavy atom. The van der Waals surface area contributed by atoms with Gasteiger partial charge < -0.3 is 5.32 Å². The van der Waals surface area contributed by atoms with Crippen LogP contribution in [0.25, 0.3) is 0 Å². The summed E-state index contributed by atoms with van der Waals surface area (Å²) < 4.78 is 27.4. The molecule has 7 heteroatoms. The number of nitrogens with one attached hydrogen (secondary N) is 2. The molecule has 0 spiro atoms. The molecule has 21 heavy (non-hydrogen) atoms. The Bertz CT molecular complexity index is 716. The molecule has 0 unspecified atom stereocenters. The average Bonchev–Trinajstić information content (AvgIpc) is 2.47. The van der Waals surface area contributed by atoms with E-state index in [9.17, 15) is 8.42 Å². The first-order chi connectivity index (χ1) is 10.0. The van der Waals surface area contributed by atoms with Crippen LogP contribution in [0.3, 0.4) is 0 Å². The quantitative estimate of drug-likeness (QED) is 0.848. The van der Waals surface area contributed by atoms with Gasteiger partial charge in [0, 0.05) is 37.9 Å². The van der Waals surface area contributed by atoms with E-state index in [2.05, 4.69) is 20.0 Å². The monoisotopic (exact) mass is 306 g/mol. The molecule has 0 amide bonds. The molecule has 0 saturated heterocycles. The number of pyridine rings is 2. The second kappa shape index (κ2) is 6.64. The molecular formula is C14H18N4O2S. The zero-order valence-electron chi connectivity index (χ0n) is 12.0. The highest BCUT2D eigenvalue weighted by Crippen LogP contribution is 2.19. The van der Waals surface area contributed by atoms with Crippen molar-refractivity contribution < 1.29 is 8.42 Å². The molecule has 2 aromatic rings. The van der Waals surface area contributed by atoms with Gasteiger partial charge in [0.25, 0.3) is 0 Å². The fourth-order valence-corrected chi connectivity index (χ4v) is 3.01. The number of hydrogen-bond donors (Lipinski definition) is 2. The minimum Gasteiger partial charge on any atom is -0.384 e. The standard InChI is InChI=1S/C14H18N4O2S/c1-3-17-13-5-7-16-10-14(13)21(19,20)18-9-12-4-6-15-8-11(12)2/h4-8,10,18H,3,9H2,1-2H3,(H,16,17). The maximum absolute atomic E-state index is 12.4. The summed E-state index contributed by atoms with van der Waals surface area (Å²) in [6, 6.07) is 3.45. The zero-order valence-corrected chi connectivity index (χ0v) is 12.8. The lowest BCUT2D eigenvalue weighted by molar-refractivity contribution is 0.581. The van der Waals surface area contributed by atoms with Gasteiger partial charge in [-0.1, -0.05) is 0 Å². The normalized spacial score (nSPS) is 11.3. The topological polar surface area (TPSA) is 84.0 Å². The van der Waals surface area contributed by atoms with Crippen LogP contribution in [0.2, 0.25) is 0 Å². The third-order valence-corrected chi connectivity index (χ3v) is 4.46. The van der Waals surface area contributed by atoms with Crippen molar-refractivity contribution in [3.63, 3.8) is 0 Å². The van der Waals surface area contributed by atoms with E-state index < -0.39 is 10.0 Å². The molecule has 0 bridgehead atoms. The highest BCUT2D eigenvalue weighted by Gasteiger charge is 2.18. The number of anilines is 1. The second-order valence-corrected chi connectivity index (χ2v) is 6.26. The Balaban J connectivity index is 2.21. The van der Waals surface area contributed by atoms with Gasteiger partial charge in [0.05, 0.1) is 5.69 Å². The van der Waals surface area contributed by atoms with Crippen molar-refractivity contribution in [2.45, 2.75) is 25.3 Å². The van der Waals surface area contributed by atoms with Gasteiger partial charge in [-0.25, -0.2) is 13.1 Å². The van der Waals surface area contributed by atoms with Crippen LogP contribution in [0.4, 0.5) is 5.69 Å². The van der Waals surface area contributed by atoms with Crippen LogP contribution in [0.5, 0.6) is 0 Å². The first kappa shape index (κ1) is 15.4. The van der Waals surface area contributed by atoms with Crippen molar-refractivity contribution in [3.8, 4) is 0 Å². The highest BCUT2D eigenvalue weighted by atomic mass is 32.2. The van der Waals surface area contributed by atoms with E-state index in [-0.39, 0.29) is 11.4 Å². The molecule has 0 aliphatic heterocycles. The molecule has 2 aromatic heterocycles. The van der Waals surface area contributed by atoms with Crippen LogP contribution < -0.4 is 10.0 Å². The molecule has 0 radical (unpaired) electrons. The fourth-order valence-electron chi connectivity index (χ4n) is 1.88. The fraction of sp³-hybridized carbons (Fsp3) is 0.286. The summed E-state index contributed by atoms with van der Waals surface area (Å²) in [4.78, 5) is 8.04. The van der Waals surface area contributed by atoms with Crippen molar-refractivity contribution in [2.24, 2.45) is 0 Å². The molecule has 2 heterocycles. The van der Waals surface area contributed by atoms with Crippen LogP contribution in [0, 0.1) is 6.92 Å². The van der Waals surface area contributed by atoms with Crippen molar-refractivity contribution in [1.29, 1.82) is 0 Å². The van der Waals surface area contributed by atoms with E-state index >= 15 is 0 Å². The van der Waals surface area contributed by atoms with Crippen molar-refractivity contribution in [2.75, 3.05) is 11.9 Å². The van der Waals surface area contributed by atoms with Gasteiger partial charge in [0.2, 0.25) is 10.0 Å². The number of rotatable bonds is 6. The maximum atomic E-state index is 12.4. The summed E-state index contributed by atoms with van der Waals surface area (Å²) in [5.41, 5.74) is 2.38. The van der Waals surface area contributed by atoms with Crippen molar-refractivity contribution in [1.82, 2.24) is 14.7 Å². The van der Waals surface area contributed by atoms with Gasteiger partial charge in [-0.05, 0) is 37.1 Å². The zero-order chi connectivity index (χ0) is 15.3. The minimum atomic E-state index is -3.62. The van der Waals surface area contributed by atoms with E-state index in [0.29, 0.717) is 12.2 Å². The van der Waals surface area contributed by atoms with Crippen LogP contribution in [-0.4, -0.2) is 24.9 Å². The number of aryl methyl sites for hydroxylation is 1. The summed E-state index contributed by atoms with van der Waals surface area (Å²) in [6.45, 7) is 4.66. The number of nitrogens with zero attached hydrogens (tertiary/aromatic N) is 2. The number of hydrogen-bond acceptors (Lipinski definition) is 5. The molecule has 6 nitrogen and oxygen atoms in total. The predicted molar refractivity (Wildman–Crippen MR) is 81.4 cm³/mol. The molecule has 0 fully saturated rings. The van der Waals surface area contributed by atoms with Gasteiger partial charge in [-0.15, -0.1) is 0 Å². The lowest BCUT2D eigenvalue weighted by Gasteiger charge is -2.12. The lowest BCUT2D eigenvalue weighted by Crippen LogP contribution is -2.24. The molecule has 0 aromatic carbocycles. The van der Waals surface area contributed by atoms with Crippen LogP contribution in [0.1, 0.15) is 18.1 Å². The first-order valence-corrected chi connectivity index (χ1v) is 8.10. The van der Waals surface area contributed by atoms with Crippen LogP contribution in [0.15, 0.2) is 41.8 Å². The third kappa shape index (κ3) is 3.77. The SMILES string of the molecule is CCNc1ccncc1S(=O)(=O)NCc1ccncc1C. The Morgan fingerprint density at radius 1 is 1.14 bits per heavy atom. The van der Waals surface area contributed by atoms with E-state index in [0.717, 1.165) is 11.1 Å². The van der Waals surface area contributed by atoms with E-state index in [1.165, 1.54) is 6.20 Å². The van der Waals surface area contributed by atoms with E-state index in [1.54, 1.807) is 30.7 Å². The summed E-state index contributed by atoms with van der Waals surface area (Å²) in [6.07, 6.45) is 6.26. The summed E-state index contributed by atoms with van der Waals surface area (Å²) in [5, 5.41) is 3.02. The summed E-state index contributed by atoms with van der Waals surface area (Å²) in [5.74, 6) is 0. The Kier molecular flexibility index (Phi) is 4.87. The van der Waals surface area contributed by atoms with Gasteiger partial charge in [0.15, 0.2) is 0 Å². The van der Waals surface area contributed by atoms with Gasteiger partial charge in [0.1, 0.15) is 4.90 Å².